The summed E-state index contributed by atoms with van der Waals surface area (Å²) in [4.78, 5) is 15.3. The highest BCUT2D eigenvalue weighted by Gasteiger charge is 2.30. The minimum atomic E-state index is -0.174. The van der Waals surface area contributed by atoms with Crippen LogP contribution < -0.4 is 5.32 Å². The van der Waals surface area contributed by atoms with E-state index in [4.69, 9.17) is 4.74 Å². The molecule has 2 rings (SSSR count). The van der Waals surface area contributed by atoms with E-state index in [0.29, 0.717) is 5.92 Å². The summed E-state index contributed by atoms with van der Waals surface area (Å²) >= 11 is 0. The summed E-state index contributed by atoms with van der Waals surface area (Å²) in [6.07, 6.45) is 4.36. The normalized spacial score (nSPS) is 25.1. The molecule has 1 aromatic heterocycles. The van der Waals surface area contributed by atoms with Crippen molar-refractivity contribution in [2.75, 3.05) is 13.7 Å². The molecule has 0 spiro atoms. The Kier molecular flexibility index (Phi) is 2.97. The lowest BCUT2D eigenvalue weighted by molar-refractivity contribution is -0.142. The van der Waals surface area contributed by atoms with Crippen molar-refractivity contribution in [2.45, 2.75) is 18.4 Å². The maximum absolute atomic E-state index is 11.3. The van der Waals surface area contributed by atoms with Gasteiger partial charge < -0.3 is 10.1 Å². The lowest BCUT2D eigenvalue weighted by atomic mass is 9.97. The van der Waals surface area contributed by atoms with Gasteiger partial charge in [0.2, 0.25) is 0 Å². The molecule has 4 nitrogen and oxygen atoms in total. The van der Waals surface area contributed by atoms with Crippen LogP contribution in [0.4, 0.5) is 0 Å². The third-order valence-corrected chi connectivity index (χ3v) is 2.79. The van der Waals surface area contributed by atoms with Crippen molar-refractivity contribution in [3.63, 3.8) is 0 Å². The van der Waals surface area contributed by atoms with Gasteiger partial charge in [0.25, 0.3) is 0 Å². The number of hydrogen-bond acceptors (Lipinski definition) is 4. The molecule has 1 aliphatic heterocycles. The van der Waals surface area contributed by atoms with Gasteiger partial charge in [0.1, 0.15) is 6.04 Å². The number of nitrogens with zero attached hydrogens (tertiary/aromatic N) is 1. The highest BCUT2D eigenvalue weighted by molar-refractivity contribution is 5.76. The van der Waals surface area contributed by atoms with Crippen molar-refractivity contribution in [3.8, 4) is 0 Å². The van der Waals surface area contributed by atoms with Gasteiger partial charge in [-0.15, -0.1) is 0 Å². The minimum Gasteiger partial charge on any atom is -0.468 e. The van der Waals surface area contributed by atoms with Crippen LogP contribution in [0.25, 0.3) is 0 Å². The van der Waals surface area contributed by atoms with Gasteiger partial charge in [-0.2, -0.15) is 0 Å². The van der Waals surface area contributed by atoms with Crippen LogP contribution in [-0.2, 0) is 9.53 Å². The van der Waals surface area contributed by atoms with Crippen molar-refractivity contribution in [1.82, 2.24) is 10.3 Å². The molecule has 0 radical (unpaired) electrons. The molecular formula is C11H14N2O2. The van der Waals surface area contributed by atoms with Crippen molar-refractivity contribution in [2.24, 2.45) is 0 Å². The molecule has 80 valence electrons. The average Bonchev–Trinajstić information content (AvgIpc) is 2.78. The number of carbonyl (C=O) groups excluding carboxylic acids is 1. The van der Waals surface area contributed by atoms with Crippen LogP contribution in [0, 0.1) is 0 Å². The number of nitrogens with one attached hydrogen (secondary N) is 1. The molecule has 15 heavy (non-hydrogen) atoms. The first kappa shape index (κ1) is 10.1. The van der Waals surface area contributed by atoms with E-state index in [0.717, 1.165) is 13.0 Å². The number of ether oxygens (including phenoxy) is 1. The first-order valence-corrected chi connectivity index (χ1v) is 5.02. The number of aromatic nitrogens is 1. The molecule has 0 aromatic carbocycles. The standard InChI is InChI=1S/C11H14N2O2/c1-15-11(14)10-6-9(7-13-10)8-2-4-12-5-3-8/h2-5,9-10,13H,6-7H2,1H3/t9?,10-/m1/s1. The van der Waals surface area contributed by atoms with Crippen LogP contribution in [0.1, 0.15) is 17.9 Å². The van der Waals surface area contributed by atoms with Gasteiger partial charge in [-0.05, 0) is 30.0 Å². The molecule has 0 amide bonds. The second-order valence-electron chi connectivity index (χ2n) is 3.70. The third-order valence-electron chi connectivity index (χ3n) is 2.79. The summed E-state index contributed by atoms with van der Waals surface area (Å²) < 4.78 is 4.70. The lowest BCUT2D eigenvalue weighted by Crippen LogP contribution is -2.31. The van der Waals surface area contributed by atoms with Gasteiger partial charge in [0, 0.05) is 18.9 Å². The molecule has 0 aliphatic carbocycles. The Morgan fingerprint density at radius 2 is 2.27 bits per heavy atom. The Balaban J connectivity index is 2.02. The fraction of sp³-hybridized carbons (Fsp3) is 0.455. The van der Waals surface area contributed by atoms with Crippen LogP contribution in [-0.4, -0.2) is 30.6 Å². The van der Waals surface area contributed by atoms with E-state index < -0.39 is 0 Å². The fourth-order valence-corrected chi connectivity index (χ4v) is 1.95. The molecular weight excluding hydrogens is 192 g/mol. The Labute approximate surface area is 88.7 Å². The summed E-state index contributed by atoms with van der Waals surface area (Å²) in [6, 6.07) is 3.83. The quantitative estimate of drug-likeness (QED) is 0.724. The summed E-state index contributed by atoms with van der Waals surface area (Å²) in [7, 11) is 1.42. The Hall–Kier alpha value is -1.42. The molecule has 1 N–H and O–H groups in total. The number of pyridine rings is 1. The SMILES string of the molecule is COC(=O)[C@H]1CC(c2ccncc2)CN1. The molecule has 0 saturated carbocycles. The van der Waals surface area contributed by atoms with Crippen molar-refractivity contribution in [3.05, 3.63) is 30.1 Å². The van der Waals surface area contributed by atoms with Gasteiger partial charge in [-0.1, -0.05) is 0 Å². The van der Waals surface area contributed by atoms with Gasteiger partial charge >= 0.3 is 5.97 Å². The first-order chi connectivity index (χ1) is 7.31. The van der Waals surface area contributed by atoms with E-state index in [1.165, 1.54) is 12.7 Å². The van der Waals surface area contributed by atoms with Gasteiger partial charge in [0.05, 0.1) is 7.11 Å². The summed E-state index contributed by atoms with van der Waals surface area (Å²) in [5, 5.41) is 3.16. The van der Waals surface area contributed by atoms with Crippen molar-refractivity contribution in [1.29, 1.82) is 0 Å². The van der Waals surface area contributed by atoms with E-state index >= 15 is 0 Å². The van der Waals surface area contributed by atoms with E-state index in [1.54, 1.807) is 12.4 Å². The van der Waals surface area contributed by atoms with Gasteiger partial charge in [0.15, 0.2) is 0 Å². The highest BCUT2D eigenvalue weighted by atomic mass is 16.5. The second kappa shape index (κ2) is 4.40. The van der Waals surface area contributed by atoms with Crippen molar-refractivity contribution >= 4 is 5.97 Å². The van der Waals surface area contributed by atoms with Gasteiger partial charge in [-0.3, -0.25) is 9.78 Å². The van der Waals surface area contributed by atoms with Crippen LogP contribution in [0.3, 0.4) is 0 Å². The number of rotatable bonds is 2. The zero-order valence-corrected chi connectivity index (χ0v) is 8.64. The maximum Gasteiger partial charge on any atom is 0.322 e. The number of esters is 1. The van der Waals surface area contributed by atoms with Crippen LogP contribution in [0.2, 0.25) is 0 Å². The third kappa shape index (κ3) is 2.15. The molecule has 2 heterocycles. The fourth-order valence-electron chi connectivity index (χ4n) is 1.95. The summed E-state index contributed by atoms with van der Waals surface area (Å²) in [6.45, 7) is 0.823. The minimum absolute atomic E-state index is 0.159. The first-order valence-electron chi connectivity index (χ1n) is 5.02. The Morgan fingerprint density at radius 3 is 2.93 bits per heavy atom. The summed E-state index contributed by atoms with van der Waals surface area (Å²) in [5.41, 5.74) is 1.23. The van der Waals surface area contributed by atoms with Gasteiger partial charge in [-0.25, -0.2) is 0 Å². The topological polar surface area (TPSA) is 51.2 Å². The van der Waals surface area contributed by atoms with E-state index in [2.05, 4.69) is 10.3 Å². The summed E-state index contributed by atoms with van der Waals surface area (Å²) in [5.74, 6) is 0.212. The predicted molar refractivity (Wildman–Crippen MR) is 55.4 cm³/mol. The lowest BCUT2D eigenvalue weighted by Gasteiger charge is -2.08. The number of hydrogen-bond donors (Lipinski definition) is 1. The predicted octanol–water partition coefficient (Wildman–Crippen LogP) is 0.700. The van der Waals surface area contributed by atoms with E-state index in [9.17, 15) is 4.79 Å². The van der Waals surface area contributed by atoms with Crippen LogP contribution in [0.15, 0.2) is 24.5 Å². The zero-order chi connectivity index (χ0) is 10.7. The maximum atomic E-state index is 11.3. The molecule has 1 fully saturated rings. The van der Waals surface area contributed by atoms with E-state index in [-0.39, 0.29) is 12.0 Å². The Morgan fingerprint density at radius 1 is 1.53 bits per heavy atom. The molecule has 1 aliphatic rings. The second-order valence-corrected chi connectivity index (χ2v) is 3.70. The highest BCUT2D eigenvalue weighted by Crippen LogP contribution is 2.25. The van der Waals surface area contributed by atoms with Crippen LogP contribution >= 0.6 is 0 Å². The molecule has 2 atom stereocenters. The number of carbonyl (C=O) groups is 1. The van der Waals surface area contributed by atoms with E-state index in [1.807, 2.05) is 12.1 Å². The number of methoxy groups -OCH3 is 1. The molecule has 4 heteroatoms. The smallest absolute Gasteiger partial charge is 0.322 e. The monoisotopic (exact) mass is 206 g/mol. The average molecular weight is 206 g/mol. The molecule has 0 bridgehead atoms. The largest absolute Gasteiger partial charge is 0.468 e. The Bertz CT molecular complexity index is 340. The molecule has 1 saturated heterocycles. The van der Waals surface area contributed by atoms with Crippen LogP contribution in [0.5, 0.6) is 0 Å². The molecule has 1 unspecified atom stereocenters. The molecule has 1 aromatic rings. The van der Waals surface area contributed by atoms with Crippen molar-refractivity contribution < 1.29 is 9.53 Å². The zero-order valence-electron chi connectivity index (χ0n) is 8.64.